The molecule has 1 aliphatic heterocycles. The van der Waals surface area contributed by atoms with Crippen LogP contribution in [0.4, 0.5) is 0 Å². The van der Waals surface area contributed by atoms with Crippen molar-refractivity contribution in [3.05, 3.63) is 35.9 Å². The molecule has 0 N–H and O–H groups in total. The molecular weight excluding hydrogens is 212 g/mol. The minimum atomic E-state index is -0.399. The van der Waals surface area contributed by atoms with Gasteiger partial charge in [-0.05, 0) is 40.2 Å². The minimum Gasteiger partial charge on any atom is -0.365 e. The molecule has 1 saturated heterocycles. The second-order valence-corrected chi connectivity index (χ2v) is 6.06. The highest BCUT2D eigenvalue weighted by Gasteiger charge is 2.51. The Morgan fingerprint density at radius 2 is 1.53 bits per heavy atom. The molecule has 0 aliphatic carbocycles. The Balaban J connectivity index is 2.39. The van der Waals surface area contributed by atoms with Gasteiger partial charge < -0.3 is 9.47 Å². The molecule has 0 amide bonds. The summed E-state index contributed by atoms with van der Waals surface area (Å²) in [5, 5.41) is 0. The van der Waals surface area contributed by atoms with E-state index in [9.17, 15) is 0 Å². The van der Waals surface area contributed by atoms with Gasteiger partial charge in [0, 0.05) is 0 Å². The average molecular weight is 234 g/mol. The molecule has 1 unspecified atom stereocenters. The molecule has 0 bridgehead atoms. The molecule has 1 fully saturated rings. The van der Waals surface area contributed by atoms with Gasteiger partial charge in [0.25, 0.3) is 0 Å². The van der Waals surface area contributed by atoms with Gasteiger partial charge in [-0.15, -0.1) is 0 Å². The van der Waals surface area contributed by atoms with Crippen LogP contribution in [-0.2, 0) is 15.1 Å². The molecule has 17 heavy (non-hydrogen) atoms. The topological polar surface area (TPSA) is 18.5 Å². The lowest BCUT2D eigenvalue weighted by molar-refractivity contribution is -0.304. The lowest BCUT2D eigenvalue weighted by Crippen LogP contribution is -2.59. The predicted molar refractivity (Wildman–Crippen MR) is 69.0 cm³/mol. The summed E-state index contributed by atoms with van der Waals surface area (Å²) in [6.07, 6.45) is 0. The lowest BCUT2D eigenvalue weighted by atomic mass is 9.79. The van der Waals surface area contributed by atoms with E-state index >= 15 is 0 Å². The molecular formula is C15H22O2. The number of ether oxygens (including phenoxy) is 2. The van der Waals surface area contributed by atoms with Crippen molar-refractivity contribution in [2.24, 2.45) is 0 Å². The smallest absolute Gasteiger partial charge is 0.119 e. The maximum atomic E-state index is 6.21. The minimum absolute atomic E-state index is 0.224. The molecule has 1 heterocycles. The van der Waals surface area contributed by atoms with Gasteiger partial charge in [0.2, 0.25) is 0 Å². The normalized spacial score (nSPS) is 31.1. The van der Waals surface area contributed by atoms with Gasteiger partial charge >= 0.3 is 0 Å². The Morgan fingerprint density at radius 1 is 0.941 bits per heavy atom. The van der Waals surface area contributed by atoms with Crippen molar-refractivity contribution < 1.29 is 9.47 Å². The third-order valence-corrected chi connectivity index (χ3v) is 3.71. The number of hydrogen-bond acceptors (Lipinski definition) is 2. The fourth-order valence-corrected chi connectivity index (χ4v) is 2.50. The van der Waals surface area contributed by atoms with Gasteiger partial charge in [0.15, 0.2) is 0 Å². The molecule has 0 saturated carbocycles. The van der Waals surface area contributed by atoms with E-state index in [1.807, 2.05) is 18.2 Å². The summed E-state index contributed by atoms with van der Waals surface area (Å²) in [7, 11) is 0. The van der Waals surface area contributed by atoms with Crippen LogP contribution in [-0.4, -0.2) is 17.8 Å². The standard InChI is InChI=1S/C15H22O2/c1-13(2)11-16-15(5,14(3,4)17-13)12-9-7-6-8-10-12/h6-10H,11H2,1-5H3. The van der Waals surface area contributed by atoms with E-state index in [0.29, 0.717) is 6.61 Å². The Morgan fingerprint density at radius 3 is 2.06 bits per heavy atom. The first kappa shape index (κ1) is 12.6. The first-order valence-electron chi connectivity index (χ1n) is 6.17. The highest BCUT2D eigenvalue weighted by Crippen LogP contribution is 2.45. The molecule has 0 radical (unpaired) electrons. The van der Waals surface area contributed by atoms with Gasteiger partial charge in [0.1, 0.15) is 5.60 Å². The molecule has 1 aromatic rings. The number of benzene rings is 1. The van der Waals surface area contributed by atoms with Gasteiger partial charge in [-0.3, -0.25) is 0 Å². The van der Waals surface area contributed by atoms with E-state index in [0.717, 1.165) is 0 Å². The highest BCUT2D eigenvalue weighted by molar-refractivity contribution is 5.26. The molecule has 0 spiro atoms. The summed E-state index contributed by atoms with van der Waals surface area (Å²) in [5.74, 6) is 0. The lowest BCUT2D eigenvalue weighted by Gasteiger charge is -2.53. The van der Waals surface area contributed by atoms with E-state index in [-0.39, 0.29) is 11.2 Å². The Labute approximate surface area is 104 Å². The second-order valence-electron chi connectivity index (χ2n) is 6.06. The molecule has 2 nitrogen and oxygen atoms in total. The van der Waals surface area contributed by atoms with E-state index in [2.05, 4.69) is 46.8 Å². The first-order valence-corrected chi connectivity index (χ1v) is 6.17. The molecule has 0 aromatic heterocycles. The van der Waals surface area contributed by atoms with Gasteiger partial charge in [0.05, 0.1) is 17.8 Å². The third kappa shape index (κ3) is 2.12. The first-order chi connectivity index (χ1) is 7.77. The predicted octanol–water partition coefficient (Wildman–Crippen LogP) is 3.51. The Bertz CT molecular complexity index is 395. The van der Waals surface area contributed by atoms with Crippen LogP contribution < -0.4 is 0 Å². The molecule has 1 aliphatic rings. The van der Waals surface area contributed by atoms with E-state index in [1.54, 1.807) is 0 Å². The summed E-state index contributed by atoms with van der Waals surface area (Å²) >= 11 is 0. The van der Waals surface area contributed by atoms with Crippen LogP contribution in [0.2, 0.25) is 0 Å². The Hall–Kier alpha value is -0.860. The van der Waals surface area contributed by atoms with Crippen LogP contribution in [0.15, 0.2) is 30.3 Å². The van der Waals surface area contributed by atoms with E-state index in [1.165, 1.54) is 5.56 Å². The van der Waals surface area contributed by atoms with Crippen LogP contribution in [0.1, 0.15) is 40.2 Å². The van der Waals surface area contributed by atoms with Gasteiger partial charge in [-0.2, -0.15) is 0 Å². The maximum Gasteiger partial charge on any atom is 0.119 e. The molecule has 1 aromatic carbocycles. The second kappa shape index (κ2) is 3.82. The van der Waals surface area contributed by atoms with Crippen LogP contribution >= 0.6 is 0 Å². The number of rotatable bonds is 1. The third-order valence-electron chi connectivity index (χ3n) is 3.71. The van der Waals surface area contributed by atoms with Crippen molar-refractivity contribution in [1.29, 1.82) is 0 Å². The SMILES string of the molecule is CC1(C)COC(C)(c2ccccc2)C(C)(C)O1. The molecule has 94 valence electrons. The van der Waals surface area contributed by atoms with Gasteiger partial charge in [-0.1, -0.05) is 30.3 Å². The van der Waals surface area contributed by atoms with Crippen molar-refractivity contribution in [3.63, 3.8) is 0 Å². The highest BCUT2D eigenvalue weighted by atomic mass is 16.6. The summed E-state index contributed by atoms with van der Waals surface area (Å²) in [4.78, 5) is 0. The van der Waals surface area contributed by atoms with Crippen molar-refractivity contribution in [3.8, 4) is 0 Å². The zero-order valence-corrected chi connectivity index (χ0v) is 11.4. The molecule has 1 atom stereocenters. The number of hydrogen-bond donors (Lipinski definition) is 0. The zero-order valence-electron chi connectivity index (χ0n) is 11.4. The Kier molecular flexibility index (Phi) is 2.83. The van der Waals surface area contributed by atoms with Crippen molar-refractivity contribution >= 4 is 0 Å². The van der Waals surface area contributed by atoms with Crippen molar-refractivity contribution in [1.82, 2.24) is 0 Å². The van der Waals surface area contributed by atoms with Crippen LogP contribution in [0, 0.1) is 0 Å². The summed E-state index contributed by atoms with van der Waals surface area (Å²) in [6, 6.07) is 10.3. The van der Waals surface area contributed by atoms with Crippen LogP contribution in [0.5, 0.6) is 0 Å². The largest absolute Gasteiger partial charge is 0.365 e. The van der Waals surface area contributed by atoms with E-state index < -0.39 is 5.60 Å². The summed E-state index contributed by atoms with van der Waals surface area (Å²) in [5.41, 5.74) is 0.193. The monoisotopic (exact) mass is 234 g/mol. The average Bonchev–Trinajstić information content (AvgIpc) is 2.24. The quantitative estimate of drug-likeness (QED) is 0.740. The fraction of sp³-hybridized carbons (Fsp3) is 0.600. The van der Waals surface area contributed by atoms with Crippen LogP contribution in [0.25, 0.3) is 0 Å². The van der Waals surface area contributed by atoms with Crippen LogP contribution in [0.3, 0.4) is 0 Å². The summed E-state index contributed by atoms with van der Waals surface area (Å²) in [6.45, 7) is 11.1. The molecule has 2 heteroatoms. The fourth-order valence-electron chi connectivity index (χ4n) is 2.50. The zero-order chi connectivity index (χ0) is 12.7. The van der Waals surface area contributed by atoms with E-state index in [4.69, 9.17) is 9.47 Å². The van der Waals surface area contributed by atoms with Gasteiger partial charge in [-0.25, -0.2) is 0 Å². The summed E-state index contributed by atoms with van der Waals surface area (Å²) < 4.78 is 12.4. The van der Waals surface area contributed by atoms with Crippen molar-refractivity contribution in [2.45, 2.75) is 51.4 Å². The van der Waals surface area contributed by atoms with Crippen molar-refractivity contribution in [2.75, 3.05) is 6.61 Å². The maximum absolute atomic E-state index is 6.21. The molecule has 2 rings (SSSR count).